The number of aryl methyl sites for hydroxylation is 2. The van der Waals surface area contributed by atoms with Gasteiger partial charge in [0.15, 0.2) is 0 Å². The first-order chi connectivity index (χ1) is 11.8. The summed E-state index contributed by atoms with van der Waals surface area (Å²) >= 11 is 6.15. The Bertz CT molecular complexity index is 937. The largest absolute Gasteiger partial charge is 0.321 e. The molecule has 0 unspecified atom stereocenters. The maximum Gasteiger partial charge on any atom is 0.256 e. The highest BCUT2D eigenvalue weighted by atomic mass is 35.5. The second kappa shape index (κ2) is 6.78. The number of carbonyl (C=O) groups is 1. The van der Waals surface area contributed by atoms with Gasteiger partial charge in [-0.2, -0.15) is 0 Å². The van der Waals surface area contributed by atoms with Crippen LogP contribution in [0.4, 0.5) is 5.69 Å². The molecule has 5 nitrogen and oxygen atoms in total. The second-order valence-electron chi connectivity index (χ2n) is 6.31. The molecule has 0 saturated heterocycles. The lowest BCUT2D eigenvalue weighted by Gasteiger charge is -2.12. The van der Waals surface area contributed by atoms with Crippen molar-refractivity contribution in [1.82, 2.24) is 4.72 Å². The zero-order valence-electron chi connectivity index (χ0n) is 14.0. The number of benzene rings is 2. The number of sulfonamides is 1. The van der Waals surface area contributed by atoms with Gasteiger partial charge in [-0.1, -0.05) is 23.7 Å². The van der Waals surface area contributed by atoms with Gasteiger partial charge in [-0.15, -0.1) is 0 Å². The molecule has 2 N–H and O–H groups in total. The van der Waals surface area contributed by atoms with E-state index in [1.165, 1.54) is 12.1 Å². The van der Waals surface area contributed by atoms with E-state index in [1.54, 1.807) is 25.1 Å². The summed E-state index contributed by atoms with van der Waals surface area (Å²) < 4.78 is 27.3. The summed E-state index contributed by atoms with van der Waals surface area (Å²) in [6.07, 6.45) is 1.70. The molecule has 1 fully saturated rings. The Kier molecular flexibility index (Phi) is 4.86. The Morgan fingerprint density at radius 2 is 1.84 bits per heavy atom. The molecule has 1 aliphatic rings. The molecular formula is C18H19ClN2O3S. The topological polar surface area (TPSA) is 75.3 Å². The molecule has 2 aromatic carbocycles. The van der Waals surface area contributed by atoms with Gasteiger partial charge in [0.1, 0.15) is 0 Å². The molecule has 132 valence electrons. The van der Waals surface area contributed by atoms with Crippen molar-refractivity contribution in [2.45, 2.75) is 37.6 Å². The fourth-order valence-corrected chi connectivity index (χ4v) is 4.03. The van der Waals surface area contributed by atoms with E-state index in [2.05, 4.69) is 10.0 Å². The summed E-state index contributed by atoms with van der Waals surface area (Å²) in [6.45, 7) is 3.67. The van der Waals surface area contributed by atoms with Crippen LogP contribution in [0.3, 0.4) is 0 Å². The Balaban J connectivity index is 1.88. The maximum absolute atomic E-state index is 12.6. The lowest BCUT2D eigenvalue weighted by atomic mass is 10.1. The Labute approximate surface area is 152 Å². The van der Waals surface area contributed by atoms with Gasteiger partial charge >= 0.3 is 0 Å². The number of nitrogens with one attached hydrogen (secondary N) is 2. The van der Waals surface area contributed by atoms with Crippen LogP contribution < -0.4 is 10.0 Å². The van der Waals surface area contributed by atoms with Crippen molar-refractivity contribution >= 4 is 33.2 Å². The monoisotopic (exact) mass is 378 g/mol. The number of carbonyl (C=O) groups excluding carboxylic acids is 1. The number of rotatable bonds is 5. The Morgan fingerprint density at radius 3 is 2.48 bits per heavy atom. The second-order valence-corrected chi connectivity index (χ2v) is 8.43. The third kappa shape index (κ3) is 4.21. The molecule has 0 aromatic heterocycles. The smallest absolute Gasteiger partial charge is 0.256 e. The van der Waals surface area contributed by atoms with Crippen molar-refractivity contribution < 1.29 is 13.2 Å². The van der Waals surface area contributed by atoms with Gasteiger partial charge in [-0.25, -0.2) is 13.1 Å². The van der Waals surface area contributed by atoms with E-state index in [0.29, 0.717) is 21.8 Å². The number of hydrogen-bond acceptors (Lipinski definition) is 3. The van der Waals surface area contributed by atoms with Crippen LogP contribution >= 0.6 is 11.6 Å². The summed E-state index contributed by atoms with van der Waals surface area (Å²) in [5.41, 5.74) is 2.46. The van der Waals surface area contributed by atoms with Crippen LogP contribution in [0.1, 0.15) is 34.3 Å². The first-order valence-electron chi connectivity index (χ1n) is 7.97. The van der Waals surface area contributed by atoms with Gasteiger partial charge in [0.05, 0.1) is 15.6 Å². The molecule has 1 aliphatic carbocycles. The van der Waals surface area contributed by atoms with Crippen molar-refractivity contribution in [2.75, 3.05) is 5.32 Å². The highest BCUT2D eigenvalue weighted by Crippen LogP contribution is 2.25. The van der Waals surface area contributed by atoms with Gasteiger partial charge < -0.3 is 5.32 Å². The van der Waals surface area contributed by atoms with Crippen LogP contribution in [0.25, 0.3) is 0 Å². The summed E-state index contributed by atoms with van der Waals surface area (Å²) in [5.74, 6) is -0.397. The average Bonchev–Trinajstić information content (AvgIpc) is 3.33. The van der Waals surface area contributed by atoms with Crippen molar-refractivity contribution in [3.8, 4) is 0 Å². The molecule has 0 radical (unpaired) electrons. The quantitative estimate of drug-likeness (QED) is 0.833. The zero-order valence-corrected chi connectivity index (χ0v) is 15.5. The Hall–Kier alpha value is -1.89. The standard InChI is InChI=1S/C18H19ClN2O3S/c1-11-3-8-17(16(19)9-11)20-18(22)15-10-14(7-4-12(15)2)25(23,24)21-13-5-6-13/h3-4,7-10,13,21H,5-6H2,1-2H3,(H,20,22). The van der Waals surface area contributed by atoms with Crippen LogP contribution in [0.5, 0.6) is 0 Å². The van der Waals surface area contributed by atoms with Gasteiger partial charge in [0, 0.05) is 11.6 Å². The molecular weight excluding hydrogens is 360 g/mol. The third-order valence-corrected chi connectivity index (χ3v) is 5.87. The number of halogens is 1. The minimum atomic E-state index is -3.61. The van der Waals surface area contributed by atoms with E-state index in [1.807, 2.05) is 13.0 Å². The van der Waals surface area contributed by atoms with Crippen LogP contribution in [-0.4, -0.2) is 20.4 Å². The summed E-state index contributed by atoms with van der Waals surface area (Å²) in [5, 5.41) is 3.18. The van der Waals surface area contributed by atoms with Gasteiger partial charge in [-0.05, 0) is 62.1 Å². The normalized spacial score (nSPS) is 14.4. The minimum Gasteiger partial charge on any atom is -0.321 e. The van der Waals surface area contributed by atoms with Gasteiger partial charge in [-0.3, -0.25) is 4.79 Å². The molecule has 3 rings (SSSR count). The summed E-state index contributed by atoms with van der Waals surface area (Å²) in [7, 11) is -3.61. The van der Waals surface area contributed by atoms with Crippen molar-refractivity contribution in [1.29, 1.82) is 0 Å². The van der Waals surface area contributed by atoms with Crippen LogP contribution in [0.2, 0.25) is 5.02 Å². The van der Waals surface area contributed by atoms with Crippen molar-refractivity contribution in [3.05, 3.63) is 58.1 Å². The molecule has 1 amide bonds. The van der Waals surface area contributed by atoms with E-state index in [0.717, 1.165) is 18.4 Å². The fraction of sp³-hybridized carbons (Fsp3) is 0.278. The maximum atomic E-state index is 12.6. The molecule has 0 bridgehead atoms. The predicted molar refractivity (Wildman–Crippen MR) is 98.7 cm³/mol. The van der Waals surface area contributed by atoms with Crippen LogP contribution in [-0.2, 0) is 10.0 Å². The fourth-order valence-electron chi connectivity index (χ4n) is 2.41. The zero-order chi connectivity index (χ0) is 18.2. The molecule has 25 heavy (non-hydrogen) atoms. The average molecular weight is 379 g/mol. The summed E-state index contributed by atoms with van der Waals surface area (Å²) in [6, 6.07) is 9.87. The van der Waals surface area contributed by atoms with Gasteiger partial charge in [0.25, 0.3) is 5.91 Å². The molecule has 0 aliphatic heterocycles. The lowest BCUT2D eigenvalue weighted by molar-refractivity contribution is 0.102. The molecule has 0 spiro atoms. The molecule has 0 heterocycles. The third-order valence-electron chi connectivity index (χ3n) is 4.04. The van der Waals surface area contributed by atoms with Crippen LogP contribution in [0.15, 0.2) is 41.3 Å². The van der Waals surface area contributed by atoms with Gasteiger partial charge in [0.2, 0.25) is 10.0 Å². The minimum absolute atomic E-state index is 0.00921. The van der Waals surface area contributed by atoms with E-state index >= 15 is 0 Å². The number of hydrogen-bond donors (Lipinski definition) is 2. The van der Waals surface area contributed by atoms with E-state index < -0.39 is 15.9 Å². The molecule has 0 atom stereocenters. The van der Waals surface area contributed by atoms with E-state index in [-0.39, 0.29) is 10.9 Å². The number of amides is 1. The highest BCUT2D eigenvalue weighted by molar-refractivity contribution is 7.89. The van der Waals surface area contributed by atoms with Crippen molar-refractivity contribution in [3.63, 3.8) is 0 Å². The summed E-state index contributed by atoms with van der Waals surface area (Å²) in [4.78, 5) is 12.7. The first-order valence-corrected chi connectivity index (χ1v) is 9.83. The lowest BCUT2D eigenvalue weighted by Crippen LogP contribution is -2.26. The first kappa shape index (κ1) is 17.9. The Morgan fingerprint density at radius 1 is 1.12 bits per heavy atom. The predicted octanol–water partition coefficient (Wildman–Crippen LogP) is 3.65. The highest BCUT2D eigenvalue weighted by Gasteiger charge is 2.28. The van der Waals surface area contributed by atoms with Crippen LogP contribution in [0, 0.1) is 13.8 Å². The SMILES string of the molecule is Cc1ccc(NC(=O)c2cc(S(=O)(=O)NC3CC3)ccc2C)c(Cl)c1. The molecule has 7 heteroatoms. The van der Waals surface area contributed by atoms with E-state index in [9.17, 15) is 13.2 Å². The van der Waals surface area contributed by atoms with Crippen molar-refractivity contribution in [2.24, 2.45) is 0 Å². The van der Waals surface area contributed by atoms with E-state index in [4.69, 9.17) is 11.6 Å². The number of anilines is 1. The molecule has 2 aromatic rings. The molecule has 1 saturated carbocycles.